The van der Waals surface area contributed by atoms with E-state index in [1.54, 1.807) is 0 Å². The molecule has 0 aromatic heterocycles. The zero-order chi connectivity index (χ0) is 19.6. The molecule has 0 aliphatic carbocycles. The Labute approximate surface area is 163 Å². The first-order valence-corrected chi connectivity index (χ1v) is 8.99. The third-order valence-electron chi connectivity index (χ3n) is 4.02. The van der Waals surface area contributed by atoms with Crippen molar-refractivity contribution in [2.24, 2.45) is 5.10 Å². The van der Waals surface area contributed by atoms with Crippen LogP contribution in [0.25, 0.3) is 0 Å². The highest BCUT2D eigenvalue weighted by atomic mass is 19.1. The summed E-state index contributed by atoms with van der Waals surface area (Å²) in [5.41, 5.74) is 5.63. The Balaban J connectivity index is 1.61. The number of rotatable bonds is 8. The number of halogens is 1. The number of hydrazone groups is 1. The van der Waals surface area contributed by atoms with Crippen LogP contribution in [0.3, 0.4) is 0 Å². The molecule has 142 valence electrons. The second kappa shape index (κ2) is 10.0. The van der Waals surface area contributed by atoms with Crippen molar-refractivity contribution in [2.75, 3.05) is 6.61 Å². The minimum absolute atomic E-state index is 0.195. The van der Waals surface area contributed by atoms with Gasteiger partial charge in [0, 0.05) is 18.6 Å². The highest BCUT2D eigenvalue weighted by Gasteiger charge is 2.07. The van der Waals surface area contributed by atoms with E-state index in [-0.39, 0.29) is 18.3 Å². The maximum Gasteiger partial charge on any atom is 0.277 e. The van der Waals surface area contributed by atoms with E-state index in [9.17, 15) is 9.18 Å². The predicted octanol–water partition coefficient (Wildman–Crippen LogP) is 4.16. The van der Waals surface area contributed by atoms with Gasteiger partial charge in [-0.25, -0.2) is 9.82 Å². The van der Waals surface area contributed by atoms with Crippen LogP contribution in [0.5, 0.6) is 5.75 Å². The molecule has 1 N–H and O–H groups in total. The van der Waals surface area contributed by atoms with E-state index in [1.807, 2.05) is 60.7 Å². The van der Waals surface area contributed by atoms with Crippen molar-refractivity contribution in [3.63, 3.8) is 0 Å². The highest BCUT2D eigenvalue weighted by Crippen LogP contribution is 2.11. The van der Waals surface area contributed by atoms with Crippen LogP contribution in [0.2, 0.25) is 0 Å². The van der Waals surface area contributed by atoms with E-state index in [0.717, 1.165) is 16.8 Å². The molecule has 0 saturated carbocycles. The second-order valence-corrected chi connectivity index (χ2v) is 6.28. The number of nitrogens with one attached hydrogen (secondary N) is 1. The molecular weight excluding hydrogens is 355 g/mol. The Morgan fingerprint density at radius 3 is 1.89 bits per heavy atom. The number of hydrogen-bond donors (Lipinski definition) is 1. The molecule has 0 aliphatic heterocycles. The van der Waals surface area contributed by atoms with E-state index < -0.39 is 0 Å². The molecule has 0 radical (unpaired) electrons. The minimum Gasteiger partial charge on any atom is -0.484 e. The van der Waals surface area contributed by atoms with Gasteiger partial charge < -0.3 is 4.74 Å². The minimum atomic E-state index is -0.372. The van der Waals surface area contributed by atoms with Gasteiger partial charge in [-0.2, -0.15) is 5.10 Å². The average molecular weight is 376 g/mol. The van der Waals surface area contributed by atoms with E-state index >= 15 is 0 Å². The number of ether oxygens (including phenoxy) is 1. The average Bonchev–Trinajstić information content (AvgIpc) is 2.73. The molecule has 3 rings (SSSR count). The molecule has 28 heavy (non-hydrogen) atoms. The smallest absolute Gasteiger partial charge is 0.277 e. The van der Waals surface area contributed by atoms with Crippen molar-refractivity contribution in [2.45, 2.75) is 12.8 Å². The zero-order valence-corrected chi connectivity index (χ0v) is 15.3. The molecule has 0 heterocycles. The molecule has 0 aliphatic rings. The molecule has 0 unspecified atom stereocenters. The van der Waals surface area contributed by atoms with E-state index in [4.69, 9.17) is 4.74 Å². The zero-order valence-electron chi connectivity index (χ0n) is 15.3. The molecule has 1 amide bonds. The summed E-state index contributed by atoms with van der Waals surface area (Å²) in [5, 5.41) is 4.32. The molecule has 0 fully saturated rings. The third kappa shape index (κ3) is 6.36. The van der Waals surface area contributed by atoms with Crippen LogP contribution in [0.4, 0.5) is 4.39 Å². The van der Waals surface area contributed by atoms with Crippen molar-refractivity contribution >= 4 is 11.6 Å². The van der Waals surface area contributed by atoms with Gasteiger partial charge in [-0.05, 0) is 35.4 Å². The van der Waals surface area contributed by atoms with Gasteiger partial charge in [-0.3, -0.25) is 4.79 Å². The van der Waals surface area contributed by atoms with Crippen LogP contribution >= 0.6 is 0 Å². The first kappa shape index (κ1) is 19.3. The quantitative estimate of drug-likeness (QED) is 0.474. The Bertz CT molecular complexity index is 867. The molecular formula is C23H21FN2O2. The van der Waals surface area contributed by atoms with Gasteiger partial charge in [0.25, 0.3) is 5.91 Å². The summed E-state index contributed by atoms with van der Waals surface area (Å²) in [7, 11) is 0. The Kier molecular flexibility index (Phi) is 6.90. The third-order valence-corrected chi connectivity index (χ3v) is 4.02. The number of hydrogen-bond acceptors (Lipinski definition) is 3. The SMILES string of the molecule is O=C(COc1ccc(F)cc1)NN=C(Cc1ccccc1)Cc1ccccc1. The summed E-state index contributed by atoms with van der Waals surface area (Å²) in [6, 6.07) is 25.5. The molecule has 4 nitrogen and oxygen atoms in total. The lowest BCUT2D eigenvalue weighted by molar-refractivity contribution is -0.123. The maximum atomic E-state index is 12.9. The van der Waals surface area contributed by atoms with Gasteiger partial charge >= 0.3 is 0 Å². The first-order chi connectivity index (χ1) is 13.7. The summed E-state index contributed by atoms with van der Waals surface area (Å²) in [6.45, 7) is -0.195. The molecule has 0 atom stereocenters. The fraction of sp³-hybridized carbons (Fsp3) is 0.130. The van der Waals surface area contributed by atoms with E-state index in [0.29, 0.717) is 18.6 Å². The summed E-state index contributed by atoms with van der Waals surface area (Å²) < 4.78 is 18.2. The van der Waals surface area contributed by atoms with Crippen LogP contribution in [0, 0.1) is 5.82 Å². The van der Waals surface area contributed by atoms with E-state index in [2.05, 4.69) is 10.5 Å². The summed E-state index contributed by atoms with van der Waals surface area (Å²) in [6.07, 6.45) is 1.27. The van der Waals surface area contributed by atoms with Crippen molar-refractivity contribution in [3.8, 4) is 5.75 Å². The topological polar surface area (TPSA) is 50.7 Å². The molecule has 3 aromatic rings. The molecule has 0 bridgehead atoms. The number of benzene rings is 3. The van der Waals surface area contributed by atoms with Gasteiger partial charge in [0.1, 0.15) is 11.6 Å². The fourth-order valence-corrected chi connectivity index (χ4v) is 2.66. The van der Waals surface area contributed by atoms with Gasteiger partial charge in [0.05, 0.1) is 0 Å². The monoisotopic (exact) mass is 376 g/mol. The lowest BCUT2D eigenvalue weighted by Gasteiger charge is -2.09. The number of carbonyl (C=O) groups is 1. The molecule has 3 aromatic carbocycles. The van der Waals surface area contributed by atoms with Gasteiger partial charge in [0.2, 0.25) is 0 Å². The van der Waals surface area contributed by atoms with Crippen molar-refractivity contribution < 1.29 is 13.9 Å². The Morgan fingerprint density at radius 1 is 0.821 bits per heavy atom. The van der Waals surface area contributed by atoms with Crippen LogP contribution in [-0.2, 0) is 17.6 Å². The van der Waals surface area contributed by atoms with E-state index in [1.165, 1.54) is 24.3 Å². The van der Waals surface area contributed by atoms with Crippen molar-refractivity contribution in [1.82, 2.24) is 5.43 Å². The summed E-state index contributed by atoms with van der Waals surface area (Å²) in [5.74, 6) is -0.301. The maximum absolute atomic E-state index is 12.9. The standard InChI is InChI=1S/C23H21FN2O2/c24-20-11-13-22(14-12-20)28-17-23(27)26-25-21(15-18-7-3-1-4-8-18)16-19-9-5-2-6-10-19/h1-14H,15-17H2,(H,26,27). The summed E-state index contributed by atoms with van der Waals surface area (Å²) in [4.78, 5) is 12.1. The van der Waals surface area contributed by atoms with Crippen molar-refractivity contribution in [3.05, 3.63) is 102 Å². The molecule has 0 saturated heterocycles. The van der Waals surface area contributed by atoms with Gasteiger partial charge in [-0.1, -0.05) is 60.7 Å². The van der Waals surface area contributed by atoms with Crippen LogP contribution < -0.4 is 10.2 Å². The highest BCUT2D eigenvalue weighted by molar-refractivity contribution is 5.90. The first-order valence-electron chi connectivity index (χ1n) is 8.99. The van der Waals surface area contributed by atoms with Crippen LogP contribution in [0.1, 0.15) is 11.1 Å². The van der Waals surface area contributed by atoms with Crippen molar-refractivity contribution in [1.29, 1.82) is 0 Å². The molecule has 0 spiro atoms. The fourth-order valence-electron chi connectivity index (χ4n) is 2.66. The lowest BCUT2D eigenvalue weighted by atomic mass is 10.0. The lowest BCUT2D eigenvalue weighted by Crippen LogP contribution is -2.26. The number of carbonyl (C=O) groups excluding carboxylic acids is 1. The normalized spacial score (nSPS) is 10.2. The largest absolute Gasteiger partial charge is 0.484 e. The van der Waals surface area contributed by atoms with Gasteiger partial charge in [0.15, 0.2) is 6.61 Å². The van der Waals surface area contributed by atoms with Crippen LogP contribution in [0.15, 0.2) is 90.0 Å². The van der Waals surface area contributed by atoms with Crippen LogP contribution in [-0.4, -0.2) is 18.2 Å². The predicted molar refractivity (Wildman–Crippen MR) is 108 cm³/mol. The molecule has 5 heteroatoms. The Morgan fingerprint density at radius 2 is 1.36 bits per heavy atom. The second-order valence-electron chi connectivity index (χ2n) is 6.28. The summed E-state index contributed by atoms with van der Waals surface area (Å²) >= 11 is 0. The van der Waals surface area contributed by atoms with Gasteiger partial charge in [-0.15, -0.1) is 0 Å². The Hall–Kier alpha value is -3.47. The number of amides is 1. The number of nitrogens with zero attached hydrogens (tertiary/aromatic N) is 1.